The summed E-state index contributed by atoms with van der Waals surface area (Å²) in [4.78, 5) is 77.7. The zero-order valence-corrected chi connectivity index (χ0v) is 34.3. The second-order valence-electron chi connectivity index (χ2n) is 17.0. The topological polar surface area (TPSA) is 181 Å². The lowest BCUT2D eigenvalue weighted by molar-refractivity contribution is -0.159. The van der Waals surface area contributed by atoms with Gasteiger partial charge in [-0.25, -0.2) is 17.8 Å². The number of ether oxygens (including phenoxy) is 2. The molecule has 3 aliphatic heterocycles. The summed E-state index contributed by atoms with van der Waals surface area (Å²) in [5, 5.41) is 4.30. The van der Waals surface area contributed by atoms with E-state index in [0.717, 1.165) is 12.8 Å². The van der Waals surface area contributed by atoms with E-state index in [1.807, 2.05) is 12.2 Å². The highest BCUT2D eigenvalue weighted by Gasteiger charge is 2.63. The van der Waals surface area contributed by atoms with Crippen LogP contribution < -0.4 is 14.8 Å². The zero-order valence-electron chi connectivity index (χ0n) is 32.6. The van der Waals surface area contributed by atoms with Gasteiger partial charge in [-0.05, 0) is 77.5 Å². The Kier molecular flexibility index (Phi) is 11.3. The van der Waals surface area contributed by atoms with Crippen molar-refractivity contribution in [3.05, 3.63) is 47.2 Å². The Morgan fingerprint density at radius 1 is 1.09 bits per heavy atom. The number of carbonyl (C=O) groups excluding carboxylic acids is 5. The normalized spacial score (nSPS) is 28.5. The number of amides is 4. The van der Waals surface area contributed by atoms with E-state index in [9.17, 15) is 36.8 Å². The zero-order chi connectivity index (χ0) is 40.9. The van der Waals surface area contributed by atoms with E-state index in [-0.39, 0.29) is 61.7 Å². The van der Waals surface area contributed by atoms with Crippen LogP contribution in [0.5, 0.6) is 5.75 Å². The van der Waals surface area contributed by atoms with Crippen LogP contribution in [-0.2, 0) is 33.9 Å². The van der Waals surface area contributed by atoms with Crippen molar-refractivity contribution in [1.82, 2.24) is 24.8 Å². The quantitative estimate of drug-likeness (QED) is 0.289. The second-order valence-corrected chi connectivity index (χ2v) is 19.8. The maximum absolute atomic E-state index is 14.7. The molecule has 0 bridgehead atoms. The summed E-state index contributed by atoms with van der Waals surface area (Å²) in [6.07, 6.45) is 8.07. The van der Waals surface area contributed by atoms with Gasteiger partial charge in [0.1, 0.15) is 27.9 Å². The van der Waals surface area contributed by atoms with E-state index >= 15 is 0 Å². The van der Waals surface area contributed by atoms with Crippen LogP contribution in [0.1, 0.15) is 89.0 Å². The fourth-order valence-electron chi connectivity index (χ4n) is 8.42. The summed E-state index contributed by atoms with van der Waals surface area (Å²) in [7, 11) is -2.56. The lowest BCUT2D eigenvalue weighted by Gasteiger charge is -2.32. The predicted molar refractivity (Wildman–Crippen MR) is 208 cm³/mol. The average Bonchev–Trinajstić information content (AvgIpc) is 3.96. The number of carbonyl (C=O) groups is 5. The number of halogens is 1. The number of aromatic nitrogens is 1. The molecule has 4 fully saturated rings. The van der Waals surface area contributed by atoms with Crippen molar-refractivity contribution in [2.45, 2.75) is 101 Å². The van der Waals surface area contributed by atoms with E-state index in [1.54, 1.807) is 37.1 Å². The first-order valence-electron chi connectivity index (χ1n) is 19.7. The molecule has 1 aromatic carbocycles. The van der Waals surface area contributed by atoms with Gasteiger partial charge < -0.3 is 24.6 Å². The highest BCUT2D eigenvalue weighted by Crippen LogP contribution is 2.47. The molecule has 17 heteroatoms. The first kappa shape index (κ1) is 40.8. The van der Waals surface area contributed by atoms with E-state index in [4.69, 9.17) is 9.47 Å². The molecule has 0 radical (unpaired) electrons. The molecule has 2 aliphatic carbocycles. The van der Waals surface area contributed by atoms with Gasteiger partial charge in [0.15, 0.2) is 11.6 Å². The maximum Gasteiger partial charge on any atom is 0.307 e. The molecule has 2 aromatic rings. The Morgan fingerprint density at radius 3 is 2.56 bits per heavy atom. The van der Waals surface area contributed by atoms with E-state index < -0.39 is 73.8 Å². The average molecular weight is 828 g/mol. The third-order valence-electron chi connectivity index (χ3n) is 11.6. The number of methoxy groups -OCH3 is 1. The Labute approximate surface area is 336 Å². The first-order valence-corrected chi connectivity index (χ1v) is 22.1. The van der Waals surface area contributed by atoms with Crippen LogP contribution in [0.15, 0.2) is 35.7 Å². The lowest BCUT2D eigenvalue weighted by atomic mass is 9.92. The predicted octanol–water partition coefficient (Wildman–Crippen LogP) is 4.21. The summed E-state index contributed by atoms with van der Waals surface area (Å²) < 4.78 is 53.1. The molecule has 2 N–H and O–H groups in total. The van der Waals surface area contributed by atoms with Gasteiger partial charge in [-0.3, -0.25) is 28.7 Å². The third-order valence-corrected chi connectivity index (χ3v) is 14.3. The summed E-state index contributed by atoms with van der Waals surface area (Å²) in [6.45, 7) is 5.71. The molecule has 4 amide bonds. The van der Waals surface area contributed by atoms with Crippen molar-refractivity contribution in [2.24, 2.45) is 23.7 Å². The molecule has 7 rings (SSSR count). The summed E-state index contributed by atoms with van der Waals surface area (Å²) in [5.41, 5.74) is -1.66. The summed E-state index contributed by atoms with van der Waals surface area (Å²) in [6, 6.07) is 3.31. The largest absolute Gasteiger partial charge is 0.494 e. The summed E-state index contributed by atoms with van der Waals surface area (Å²) in [5.74, 6) is -5.27. The second kappa shape index (κ2) is 15.8. The molecule has 0 spiro atoms. The number of benzene rings is 1. The number of thiazole rings is 1. The number of esters is 1. The number of nitrogens with zero attached hydrogens (tertiary/aromatic N) is 3. The van der Waals surface area contributed by atoms with Gasteiger partial charge in [0.25, 0.3) is 11.8 Å². The molecule has 2 saturated heterocycles. The molecule has 1 aromatic heterocycles. The minimum absolute atomic E-state index is 0.0831. The van der Waals surface area contributed by atoms with Crippen molar-refractivity contribution in [1.29, 1.82) is 0 Å². The van der Waals surface area contributed by atoms with Crippen molar-refractivity contribution < 1.29 is 46.3 Å². The van der Waals surface area contributed by atoms with E-state index in [2.05, 4.69) is 15.0 Å². The van der Waals surface area contributed by atoms with Gasteiger partial charge in [0.2, 0.25) is 21.8 Å². The number of fused-ring (bicyclic) bond motifs is 4. The molecule has 57 heavy (non-hydrogen) atoms. The van der Waals surface area contributed by atoms with Gasteiger partial charge in [-0.15, -0.1) is 11.3 Å². The van der Waals surface area contributed by atoms with Crippen molar-refractivity contribution in [3.8, 4) is 16.3 Å². The van der Waals surface area contributed by atoms with Crippen LogP contribution >= 0.6 is 11.3 Å². The molecule has 5 aliphatic rings. The fourth-order valence-corrected chi connectivity index (χ4v) is 10.6. The van der Waals surface area contributed by atoms with Gasteiger partial charge in [-0.1, -0.05) is 25.0 Å². The van der Waals surface area contributed by atoms with Gasteiger partial charge >= 0.3 is 5.97 Å². The van der Waals surface area contributed by atoms with Gasteiger partial charge in [-0.2, -0.15) is 0 Å². The molecule has 0 unspecified atom stereocenters. The Balaban J connectivity index is 1.16. The number of rotatable bonds is 8. The Bertz CT molecular complexity index is 2080. The lowest BCUT2D eigenvalue weighted by Crippen LogP contribution is -2.58. The molecule has 4 heterocycles. The van der Waals surface area contributed by atoms with Crippen LogP contribution in [0.2, 0.25) is 0 Å². The van der Waals surface area contributed by atoms with E-state index in [1.165, 1.54) is 35.5 Å². The van der Waals surface area contributed by atoms with Crippen molar-refractivity contribution >= 4 is 51.0 Å². The van der Waals surface area contributed by atoms with E-state index in [0.29, 0.717) is 42.7 Å². The number of hydrogen-bond donors (Lipinski definition) is 2. The van der Waals surface area contributed by atoms with Crippen LogP contribution in [0, 0.1) is 29.5 Å². The number of nitrogens with one attached hydrogen (secondary N) is 2. The molecule has 6 atom stereocenters. The highest BCUT2D eigenvalue weighted by molar-refractivity contribution is 7.91. The standard InChI is InChI=1S/C40H50FN5O9S2/c1-39(2,3)55-32(47)17-24-10-8-6-5-7-9-11-26-18-40(26,38(51)44-57(52,53)27-13-14-27)43-34(48)33-28-21-45(19-25(28)20-46(33)36(24)49)37(50)30-22-56-35(42-30)23-12-15-31(54-4)29(41)16-23/h9,11-12,15-16,22,24-28,33H,5-8,10,13-14,17-21H2,1-4H3,(H,43,48)(H,44,51)/b11-9-/t24-,25+,26-,28+,33+,40-/m1/s1. The number of likely N-dealkylation sites (tertiary alicyclic amines) is 1. The molecular weight excluding hydrogens is 778 g/mol. The number of sulfonamides is 1. The SMILES string of the molecule is COc1ccc(-c2nc(C(=O)N3C[C@H]4CN5C(=O)[C@@H](CC(=O)OC(C)(C)C)CCCCC/C=C\[C@@H]6C[C@@]6(C(=O)NS(=O)(=O)C6CC6)NC(=O)[C@@H]5[C@H]4C3)cs2)cc1F. The number of hydrogen-bond acceptors (Lipinski definition) is 11. The monoisotopic (exact) mass is 827 g/mol. The third kappa shape index (κ3) is 8.74. The summed E-state index contributed by atoms with van der Waals surface area (Å²) >= 11 is 1.19. The Hall–Kier alpha value is -4.38. The minimum atomic E-state index is -3.92. The molecular formula is C40H50FN5O9S2. The maximum atomic E-state index is 14.7. The molecule has 2 saturated carbocycles. The van der Waals surface area contributed by atoms with Crippen LogP contribution in [0.4, 0.5) is 4.39 Å². The van der Waals surface area contributed by atoms with Crippen LogP contribution in [0.25, 0.3) is 10.6 Å². The van der Waals surface area contributed by atoms with Gasteiger partial charge in [0.05, 0.1) is 18.8 Å². The van der Waals surface area contributed by atoms with Gasteiger partial charge in [0, 0.05) is 54.2 Å². The van der Waals surface area contributed by atoms with Crippen LogP contribution in [0.3, 0.4) is 0 Å². The van der Waals surface area contributed by atoms with Crippen molar-refractivity contribution in [3.63, 3.8) is 0 Å². The molecule has 308 valence electrons. The van der Waals surface area contributed by atoms with Crippen LogP contribution in [-0.4, -0.2) is 102 Å². The molecule has 14 nitrogen and oxygen atoms in total. The van der Waals surface area contributed by atoms with Crippen molar-refractivity contribution in [2.75, 3.05) is 26.7 Å². The first-order chi connectivity index (χ1) is 27.0. The Morgan fingerprint density at radius 2 is 1.86 bits per heavy atom. The minimum Gasteiger partial charge on any atom is -0.494 e. The smallest absolute Gasteiger partial charge is 0.307 e. The fraction of sp³-hybridized carbons (Fsp3) is 0.600. The number of allylic oxidation sites excluding steroid dienone is 1. The highest BCUT2D eigenvalue weighted by atomic mass is 32.2.